The molecule has 0 aromatic rings. The average molecular weight is 168 g/mol. The highest BCUT2D eigenvalue weighted by Crippen LogP contribution is 2.33. The Morgan fingerprint density at radius 1 is 1.33 bits per heavy atom. The van der Waals surface area contributed by atoms with E-state index in [2.05, 4.69) is 34.6 Å². The fourth-order valence-corrected chi connectivity index (χ4v) is 1.82. The van der Waals surface area contributed by atoms with E-state index in [1.807, 2.05) is 0 Å². The summed E-state index contributed by atoms with van der Waals surface area (Å²) in [6.07, 6.45) is 1.12. The first-order valence-electron chi connectivity index (χ1n) is 4.79. The summed E-state index contributed by atoms with van der Waals surface area (Å²) < 4.78 is 5.70. The highest BCUT2D eigenvalue weighted by Gasteiger charge is 2.28. The first-order valence-corrected chi connectivity index (χ1v) is 4.79. The van der Waals surface area contributed by atoms with Gasteiger partial charge in [0.05, 0.1) is 12.2 Å². The van der Waals surface area contributed by atoms with Crippen LogP contribution in [0.25, 0.3) is 0 Å². The van der Waals surface area contributed by atoms with Crippen molar-refractivity contribution in [3.8, 4) is 0 Å². The van der Waals surface area contributed by atoms with E-state index in [0.29, 0.717) is 5.92 Å². The van der Waals surface area contributed by atoms with Crippen molar-refractivity contribution in [2.24, 2.45) is 5.92 Å². The lowest BCUT2D eigenvalue weighted by Crippen LogP contribution is -2.32. The fourth-order valence-electron chi connectivity index (χ4n) is 1.82. The number of hydrogen-bond donors (Lipinski definition) is 0. The second-order valence-corrected chi connectivity index (χ2v) is 4.41. The molecule has 0 amide bonds. The van der Waals surface area contributed by atoms with Crippen LogP contribution in [0, 0.1) is 5.92 Å². The van der Waals surface area contributed by atoms with E-state index in [1.54, 1.807) is 5.57 Å². The molecule has 1 heteroatoms. The van der Waals surface area contributed by atoms with E-state index in [1.165, 1.54) is 5.57 Å². The summed E-state index contributed by atoms with van der Waals surface area (Å²) in [5, 5.41) is 0. The zero-order valence-electron chi connectivity index (χ0n) is 8.90. The van der Waals surface area contributed by atoms with E-state index in [0.717, 1.165) is 13.0 Å². The normalized spacial score (nSPS) is 23.5. The lowest BCUT2D eigenvalue weighted by molar-refractivity contribution is -0.000896. The fraction of sp³-hybridized carbons (Fsp3) is 0.818. The van der Waals surface area contributed by atoms with Gasteiger partial charge in [-0.05, 0) is 38.7 Å². The van der Waals surface area contributed by atoms with Crippen LogP contribution in [0.4, 0.5) is 0 Å². The molecular weight excluding hydrogens is 148 g/mol. The monoisotopic (exact) mass is 168 g/mol. The van der Waals surface area contributed by atoms with Gasteiger partial charge in [0.25, 0.3) is 0 Å². The minimum absolute atomic E-state index is 0.0299. The van der Waals surface area contributed by atoms with Crippen molar-refractivity contribution >= 4 is 0 Å². The Morgan fingerprint density at radius 3 is 2.33 bits per heavy atom. The Bertz CT molecular complexity index is 199. The predicted octanol–water partition coefficient (Wildman–Crippen LogP) is 3.16. The highest BCUT2D eigenvalue weighted by atomic mass is 16.5. The molecule has 0 aromatic heterocycles. The molecule has 0 saturated heterocycles. The standard InChI is InChI=1S/C11H20O/c1-8(2)10-6-7-12-11(4,5)9(10)3/h8H,6-7H2,1-5H3. The maximum Gasteiger partial charge on any atom is 0.0835 e. The summed E-state index contributed by atoms with van der Waals surface area (Å²) in [7, 11) is 0. The van der Waals surface area contributed by atoms with Crippen LogP contribution in [0.5, 0.6) is 0 Å². The van der Waals surface area contributed by atoms with Gasteiger partial charge in [0.2, 0.25) is 0 Å². The third-order valence-electron chi connectivity index (χ3n) is 2.92. The first kappa shape index (κ1) is 9.79. The SMILES string of the molecule is CC1=C(C(C)C)CCOC1(C)C. The lowest BCUT2D eigenvalue weighted by atomic mass is 9.85. The van der Waals surface area contributed by atoms with Gasteiger partial charge in [-0.1, -0.05) is 19.4 Å². The van der Waals surface area contributed by atoms with Crippen molar-refractivity contribution in [1.82, 2.24) is 0 Å². The van der Waals surface area contributed by atoms with Crippen LogP contribution >= 0.6 is 0 Å². The molecule has 0 spiro atoms. The van der Waals surface area contributed by atoms with Crippen LogP contribution in [0.15, 0.2) is 11.1 Å². The van der Waals surface area contributed by atoms with Gasteiger partial charge in [-0.3, -0.25) is 0 Å². The van der Waals surface area contributed by atoms with E-state index in [9.17, 15) is 0 Å². The average Bonchev–Trinajstić information content (AvgIpc) is 1.94. The van der Waals surface area contributed by atoms with Gasteiger partial charge in [0.1, 0.15) is 0 Å². The van der Waals surface area contributed by atoms with Crippen LogP contribution < -0.4 is 0 Å². The zero-order valence-corrected chi connectivity index (χ0v) is 8.90. The molecule has 0 aliphatic carbocycles. The Kier molecular flexibility index (Phi) is 2.62. The highest BCUT2D eigenvalue weighted by molar-refractivity contribution is 5.24. The van der Waals surface area contributed by atoms with Crippen molar-refractivity contribution < 1.29 is 4.74 Å². The van der Waals surface area contributed by atoms with Crippen molar-refractivity contribution in [1.29, 1.82) is 0 Å². The van der Waals surface area contributed by atoms with Crippen molar-refractivity contribution in [3.63, 3.8) is 0 Å². The molecule has 0 N–H and O–H groups in total. The molecule has 0 aromatic carbocycles. The van der Waals surface area contributed by atoms with E-state index in [-0.39, 0.29) is 5.60 Å². The van der Waals surface area contributed by atoms with Crippen LogP contribution in [0.3, 0.4) is 0 Å². The number of ether oxygens (including phenoxy) is 1. The lowest BCUT2D eigenvalue weighted by Gasteiger charge is -2.35. The van der Waals surface area contributed by atoms with Gasteiger partial charge >= 0.3 is 0 Å². The summed E-state index contributed by atoms with van der Waals surface area (Å²) in [5.41, 5.74) is 2.99. The van der Waals surface area contributed by atoms with Crippen LogP contribution in [-0.2, 0) is 4.74 Å². The second-order valence-electron chi connectivity index (χ2n) is 4.41. The molecule has 0 atom stereocenters. The molecule has 1 aliphatic rings. The molecule has 0 unspecified atom stereocenters. The minimum Gasteiger partial charge on any atom is -0.371 e. The Balaban J connectivity index is 2.96. The third-order valence-corrected chi connectivity index (χ3v) is 2.92. The molecule has 12 heavy (non-hydrogen) atoms. The van der Waals surface area contributed by atoms with Gasteiger partial charge in [0, 0.05) is 0 Å². The quantitative estimate of drug-likeness (QED) is 0.546. The maximum atomic E-state index is 5.70. The third kappa shape index (κ3) is 1.71. The zero-order chi connectivity index (χ0) is 9.35. The summed E-state index contributed by atoms with van der Waals surface area (Å²) in [6, 6.07) is 0. The maximum absolute atomic E-state index is 5.70. The summed E-state index contributed by atoms with van der Waals surface area (Å²) in [5.74, 6) is 0.674. The first-order chi connectivity index (χ1) is 5.45. The van der Waals surface area contributed by atoms with Crippen molar-refractivity contribution in [2.75, 3.05) is 6.61 Å². The summed E-state index contributed by atoms with van der Waals surface area (Å²) >= 11 is 0. The van der Waals surface area contributed by atoms with E-state index < -0.39 is 0 Å². The van der Waals surface area contributed by atoms with E-state index in [4.69, 9.17) is 4.74 Å². The van der Waals surface area contributed by atoms with Crippen LogP contribution in [-0.4, -0.2) is 12.2 Å². The summed E-state index contributed by atoms with van der Waals surface area (Å²) in [6.45, 7) is 11.9. The molecule has 0 saturated carbocycles. The predicted molar refractivity (Wildman–Crippen MR) is 52.2 cm³/mol. The number of hydrogen-bond acceptors (Lipinski definition) is 1. The smallest absolute Gasteiger partial charge is 0.0835 e. The van der Waals surface area contributed by atoms with E-state index >= 15 is 0 Å². The Labute approximate surface area is 75.8 Å². The van der Waals surface area contributed by atoms with Crippen molar-refractivity contribution in [2.45, 2.75) is 46.6 Å². The topological polar surface area (TPSA) is 9.23 Å². The molecule has 0 fully saturated rings. The van der Waals surface area contributed by atoms with Gasteiger partial charge in [-0.2, -0.15) is 0 Å². The largest absolute Gasteiger partial charge is 0.371 e. The molecule has 1 heterocycles. The minimum atomic E-state index is -0.0299. The molecule has 70 valence electrons. The van der Waals surface area contributed by atoms with Crippen LogP contribution in [0.1, 0.15) is 41.0 Å². The molecule has 1 rings (SSSR count). The molecular formula is C11H20O. The Hall–Kier alpha value is -0.300. The number of rotatable bonds is 1. The molecule has 1 nitrogen and oxygen atoms in total. The van der Waals surface area contributed by atoms with Gasteiger partial charge in [-0.15, -0.1) is 0 Å². The molecule has 1 aliphatic heterocycles. The molecule has 0 bridgehead atoms. The van der Waals surface area contributed by atoms with Crippen molar-refractivity contribution in [3.05, 3.63) is 11.1 Å². The summed E-state index contributed by atoms with van der Waals surface area (Å²) in [4.78, 5) is 0. The van der Waals surface area contributed by atoms with Gasteiger partial charge < -0.3 is 4.74 Å². The van der Waals surface area contributed by atoms with Gasteiger partial charge in [0.15, 0.2) is 0 Å². The molecule has 0 radical (unpaired) electrons. The van der Waals surface area contributed by atoms with Crippen LogP contribution in [0.2, 0.25) is 0 Å². The second kappa shape index (κ2) is 3.21. The van der Waals surface area contributed by atoms with Gasteiger partial charge in [-0.25, -0.2) is 0 Å². The Morgan fingerprint density at radius 2 is 1.92 bits per heavy atom.